The molecule has 0 fully saturated rings. The lowest BCUT2D eigenvalue weighted by molar-refractivity contribution is 0.611. The van der Waals surface area contributed by atoms with Crippen molar-refractivity contribution in [2.24, 2.45) is 0 Å². The van der Waals surface area contributed by atoms with Gasteiger partial charge in [-0.3, -0.25) is 4.79 Å². The fourth-order valence-corrected chi connectivity index (χ4v) is 1.26. The van der Waals surface area contributed by atoms with Gasteiger partial charge in [0, 0.05) is 18.8 Å². The molecular weight excluding hydrogens is 178 g/mol. The molecule has 1 rings (SSSR count). The highest BCUT2D eigenvalue weighted by Gasteiger charge is 2.04. The van der Waals surface area contributed by atoms with Gasteiger partial charge in [-0.25, -0.2) is 0 Å². The molecule has 0 aliphatic rings. The molecular formula is C10H13N3O. The van der Waals surface area contributed by atoms with Gasteiger partial charge in [-0.05, 0) is 26.1 Å². The Labute approximate surface area is 82.8 Å². The second-order valence-corrected chi connectivity index (χ2v) is 3.06. The van der Waals surface area contributed by atoms with E-state index in [1.165, 1.54) is 0 Å². The molecule has 0 aromatic carbocycles. The molecule has 0 spiro atoms. The zero-order valence-electron chi connectivity index (χ0n) is 8.37. The van der Waals surface area contributed by atoms with Crippen molar-refractivity contribution in [2.45, 2.75) is 13.5 Å². The minimum Gasteiger partial charge on any atom is -0.318 e. The van der Waals surface area contributed by atoms with Gasteiger partial charge in [0.05, 0.1) is 0 Å². The SMILES string of the molecule is CNCCn1c(C)ccc(C#N)c1=O. The van der Waals surface area contributed by atoms with Crippen LogP contribution in [-0.4, -0.2) is 18.2 Å². The van der Waals surface area contributed by atoms with E-state index in [9.17, 15) is 4.79 Å². The average molecular weight is 191 g/mol. The molecule has 0 radical (unpaired) electrons. The maximum Gasteiger partial charge on any atom is 0.268 e. The zero-order chi connectivity index (χ0) is 10.6. The predicted octanol–water partition coefficient (Wildman–Crippen LogP) is 0.248. The van der Waals surface area contributed by atoms with E-state index in [1.54, 1.807) is 16.7 Å². The minimum absolute atomic E-state index is 0.201. The van der Waals surface area contributed by atoms with Gasteiger partial charge < -0.3 is 9.88 Å². The molecule has 0 saturated heterocycles. The van der Waals surface area contributed by atoms with Crippen LogP contribution in [0.15, 0.2) is 16.9 Å². The number of aromatic nitrogens is 1. The van der Waals surface area contributed by atoms with Crippen LogP contribution in [0.3, 0.4) is 0 Å². The van der Waals surface area contributed by atoms with E-state index < -0.39 is 0 Å². The standard InChI is InChI=1S/C10H13N3O/c1-8-3-4-9(7-11)10(14)13(8)6-5-12-2/h3-4,12H,5-6H2,1-2H3. The first-order valence-electron chi connectivity index (χ1n) is 4.46. The van der Waals surface area contributed by atoms with Crippen LogP contribution in [-0.2, 0) is 6.54 Å². The molecule has 0 unspecified atom stereocenters. The summed E-state index contributed by atoms with van der Waals surface area (Å²) in [6.45, 7) is 3.17. The van der Waals surface area contributed by atoms with Crippen LogP contribution >= 0.6 is 0 Å². The second-order valence-electron chi connectivity index (χ2n) is 3.06. The Bertz CT molecular complexity index is 414. The van der Waals surface area contributed by atoms with Crippen molar-refractivity contribution in [3.8, 4) is 6.07 Å². The van der Waals surface area contributed by atoms with Crippen LogP contribution in [0.25, 0.3) is 0 Å². The Balaban J connectivity index is 3.14. The Kier molecular flexibility index (Phi) is 3.43. The summed E-state index contributed by atoms with van der Waals surface area (Å²) < 4.78 is 1.61. The van der Waals surface area contributed by atoms with Gasteiger partial charge in [0.1, 0.15) is 11.6 Å². The average Bonchev–Trinajstić information content (AvgIpc) is 2.18. The van der Waals surface area contributed by atoms with Gasteiger partial charge in [0.15, 0.2) is 0 Å². The van der Waals surface area contributed by atoms with E-state index in [4.69, 9.17) is 5.26 Å². The summed E-state index contributed by atoms with van der Waals surface area (Å²) in [5.74, 6) is 0. The number of nitrogens with zero attached hydrogens (tertiary/aromatic N) is 2. The summed E-state index contributed by atoms with van der Waals surface area (Å²) in [6.07, 6.45) is 0. The lowest BCUT2D eigenvalue weighted by atomic mass is 10.2. The lowest BCUT2D eigenvalue weighted by Gasteiger charge is -2.08. The highest BCUT2D eigenvalue weighted by atomic mass is 16.1. The van der Waals surface area contributed by atoms with Crippen molar-refractivity contribution >= 4 is 0 Å². The lowest BCUT2D eigenvalue weighted by Crippen LogP contribution is -2.28. The molecule has 0 aliphatic carbocycles. The first-order valence-corrected chi connectivity index (χ1v) is 4.46. The highest BCUT2D eigenvalue weighted by molar-refractivity contribution is 5.27. The summed E-state index contributed by atoms with van der Waals surface area (Å²) in [4.78, 5) is 11.6. The third-order valence-electron chi connectivity index (χ3n) is 2.10. The molecule has 1 aromatic rings. The van der Waals surface area contributed by atoms with Crippen molar-refractivity contribution in [1.82, 2.24) is 9.88 Å². The molecule has 74 valence electrons. The van der Waals surface area contributed by atoms with E-state index in [-0.39, 0.29) is 11.1 Å². The predicted molar refractivity (Wildman–Crippen MR) is 54.1 cm³/mol. The van der Waals surface area contributed by atoms with Gasteiger partial charge >= 0.3 is 0 Å². The molecule has 1 heterocycles. The number of hydrogen-bond donors (Lipinski definition) is 1. The monoisotopic (exact) mass is 191 g/mol. The molecule has 1 aromatic heterocycles. The summed E-state index contributed by atoms with van der Waals surface area (Å²) in [6, 6.07) is 5.24. The third kappa shape index (κ3) is 2.01. The van der Waals surface area contributed by atoms with Gasteiger partial charge in [0.2, 0.25) is 0 Å². The highest BCUT2D eigenvalue weighted by Crippen LogP contribution is 1.96. The largest absolute Gasteiger partial charge is 0.318 e. The minimum atomic E-state index is -0.206. The van der Waals surface area contributed by atoms with E-state index >= 15 is 0 Å². The fourth-order valence-electron chi connectivity index (χ4n) is 1.26. The molecule has 4 nitrogen and oxygen atoms in total. The maximum atomic E-state index is 11.6. The van der Waals surface area contributed by atoms with E-state index in [1.807, 2.05) is 20.0 Å². The molecule has 4 heteroatoms. The van der Waals surface area contributed by atoms with Crippen LogP contribution < -0.4 is 10.9 Å². The van der Waals surface area contributed by atoms with Gasteiger partial charge in [-0.15, -0.1) is 0 Å². The Morgan fingerprint density at radius 2 is 2.29 bits per heavy atom. The Morgan fingerprint density at radius 1 is 1.57 bits per heavy atom. The summed E-state index contributed by atoms with van der Waals surface area (Å²) >= 11 is 0. The van der Waals surface area contributed by atoms with E-state index in [2.05, 4.69) is 5.32 Å². The number of nitriles is 1. The summed E-state index contributed by atoms with van der Waals surface area (Å²) in [7, 11) is 1.83. The number of likely N-dealkylation sites (N-methyl/N-ethyl adjacent to an activating group) is 1. The number of nitrogens with one attached hydrogen (secondary N) is 1. The second kappa shape index (κ2) is 4.58. The van der Waals surface area contributed by atoms with Crippen molar-refractivity contribution in [1.29, 1.82) is 5.26 Å². The number of rotatable bonds is 3. The van der Waals surface area contributed by atoms with E-state index in [0.717, 1.165) is 12.2 Å². The number of aryl methyl sites for hydroxylation is 1. The zero-order valence-corrected chi connectivity index (χ0v) is 8.37. The third-order valence-corrected chi connectivity index (χ3v) is 2.10. The molecule has 0 saturated carbocycles. The van der Waals surface area contributed by atoms with Crippen LogP contribution in [0, 0.1) is 18.3 Å². The van der Waals surface area contributed by atoms with Crippen LogP contribution in [0.1, 0.15) is 11.3 Å². The van der Waals surface area contributed by atoms with Crippen LogP contribution in [0.4, 0.5) is 0 Å². The molecule has 0 aliphatic heterocycles. The van der Waals surface area contributed by atoms with Crippen molar-refractivity contribution < 1.29 is 0 Å². The smallest absolute Gasteiger partial charge is 0.268 e. The van der Waals surface area contributed by atoms with Gasteiger partial charge in [-0.1, -0.05) is 0 Å². The quantitative estimate of drug-likeness (QED) is 0.745. The Hall–Kier alpha value is -1.60. The topological polar surface area (TPSA) is 57.8 Å². The van der Waals surface area contributed by atoms with Gasteiger partial charge in [0.25, 0.3) is 5.56 Å². The van der Waals surface area contributed by atoms with E-state index in [0.29, 0.717) is 6.54 Å². The normalized spacial score (nSPS) is 9.79. The molecule has 1 N–H and O–H groups in total. The van der Waals surface area contributed by atoms with Crippen LogP contribution in [0.5, 0.6) is 0 Å². The maximum absolute atomic E-state index is 11.6. The first-order chi connectivity index (χ1) is 6.70. The molecule has 14 heavy (non-hydrogen) atoms. The number of pyridine rings is 1. The summed E-state index contributed by atoms with van der Waals surface area (Å²) in [5, 5.41) is 11.6. The first kappa shape index (κ1) is 10.5. The van der Waals surface area contributed by atoms with Gasteiger partial charge in [-0.2, -0.15) is 5.26 Å². The van der Waals surface area contributed by atoms with Crippen molar-refractivity contribution in [2.75, 3.05) is 13.6 Å². The fraction of sp³-hybridized carbons (Fsp3) is 0.400. The van der Waals surface area contributed by atoms with Crippen molar-refractivity contribution in [3.05, 3.63) is 33.7 Å². The number of hydrogen-bond acceptors (Lipinski definition) is 3. The van der Waals surface area contributed by atoms with Crippen molar-refractivity contribution in [3.63, 3.8) is 0 Å². The molecule has 0 amide bonds. The Morgan fingerprint density at radius 3 is 2.86 bits per heavy atom. The van der Waals surface area contributed by atoms with Crippen LogP contribution in [0.2, 0.25) is 0 Å². The molecule has 0 atom stereocenters. The summed E-state index contributed by atoms with van der Waals surface area (Å²) in [5.41, 5.74) is 0.874. The molecule has 0 bridgehead atoms.